The van der Waals surface area contributed by atoms with Crippen molar-refractivity contribution in [1.29, 1.82) is 0 Å². The molecule has 2 fully saturated rings. The Hall–Kier alpha value is -2.08. The third kappa shape index (κ3) is 4.51. The first-order chi connectivity index (χ1) is 12.0. The largest absolute Gasteiger partial charge is 0.342 e. The first-order valence-electron chi connectivity index (χ1n) is 9.13. The number of nitrogens with zero attached hydrogens (tertiary/aromatic N) is 3. The van der Waals surface area contributed by atoms with Crippen molar-refractivity contribution in [2.75, 3.05) is 38.5 Å². The van der Waals surface area contributed by atoms with E-state index in [4.69, 9.17) is 0 Å². The Labute approximate surface area is 149 Å². The average Bonchev–Trinajstić information content (AvgIpc) is 3.26. The number of urea groups is 1. The number of amides is 3. The van der Waals surface area contributed by atoms with Gasteiger partial charge in [0.05, 0.1) is 0 Å². The summed E-state index contributed by atoms with van der Waals surface area (Å²) in [6, 6.07) is 8.20. The molecule has 2 aliphatic heterocycles. The van der Waals surface area contributed by atoms with Gasteiger partial charge in [-0.25, -0.2) is 4.79 Å². The summed E-state index contributed by atoms with van der Waals surface area (Å²) in [5, 5.41) is 3.00. The standard InChI is InChI=1S/C19H28N4O2/c1-15(24)21(2)13-16-6-5-7-17(12-16)20-19(25)23-11-8-18(14-23)22-9-3-4-10-22/h5-7,12,18H,3-4,8-11,13-14H2,1-2H3,(H,20,25)/t18-/m1/s1. The summed E-state index contributed by atoms with van der Waals surface area (Å²) in [6.07, 6.45) is 3.63. The minimum atomic E-state index is -0.0289. The highest BCUT2D eigenvalue weighted by molar-refractivity contribution is 5.89. The second-order valence-corrected chi connectivity index (χ2v) is 7.14. The molecule has 0 spiro atoms. The van der Waals surface area contributed by atoms with Crippen LogP contribution >= 0.6 is 0 Å². The summed E-state index contributed by atoms with van der Waals surface area (Å²) in [4.78, 5) is 30.0. The summed E-state index contributed by atoms with van der Waals surface area (Å²) in [5.74, 6) is 0.0273. The van der Waals surface area contributed by atoms with Crippen molar-refractivity contribution in [3.05, 3.63) is 29.8 Å². The zero-order valence-corrected chi connectivity index (χ0v) is 15.2. The zero-order valence-electron chi connectivity index (χ0n) is 15.2. The van der Waals surface area contributed by atoms with E-state index in [1.807, 2.05) is 29.2 Å². The number of hydrogen-bond acceptors (Lipinski definition) is 3. The van der Waals surface area contributed by atoms with Gasteiger partial charge < -0.3 is 15.1 Å². The zero-order chi connectivity index (χ0) is 17.8. The van der Waals surface area contributed by atoms with Gasteiger partial charge in [-0.1, -0.05) is 12.1 Å². The lowest BCUT2D eigenvalue weighted by atomic mass is 10.2. The predicted octanol–water partition coefficient (Wildman–Crippen LogP) is 2.37. The molecule has 1 aromatic rings. The summed E-state index contributed by atoms with van der Waals surface area (Å²) >= 11 is 0. The molecule has 136 valence electrons. The molecular formula is C19H28N4O2. The van der Waals surface area contributed by atoms with Crippen molar-refractivity contribution >= 4 is 17.6 Å². The Morgan fingerprint density at radius 1 is 1.24 bits per heavy atom. The van der Waals surface area contributed by atoms with Gasteiger partial charge in [-0.15, -0.1) is 0 Å². The molecule has 0 saturated carbocycles. The van der Waals surface area contributed by atoms with Gasteiger partial charge in [0.15, 0.2) is 0 Å². The first kappa shape index (κ1) is 17.7. The van der Waals surface area contributed by atoms with E-state index in [1.165, 1.54) is 25.9 Å². The van der Waals surface area contributed by atoms with Crippen LogP contribution in [0.4, 0.5) is 10.5 Å². The highest BCUT2D eigenvalue weighted by Crippen LogP contribution is 2.21. The van der Waals surface area contributed by atoms with E-state index in [9.17, 15) is 9.59 Å². The van der Waals surface area contributed by atoms with Gasteiger partial charge in [-0.05, 0) is 50.0 Å². The molecule has 1 atom stereocenters. The van der Waals surface area contributed by atoms with Crippen LogP contribution in [-0.2, 0) is 11.3 Å². The smallest absolute Gasteiger partial charge is 0.321 e. The molecule has 0 aromatic heterocycles. The third-order valence-electron chi connectivity index (χ3n) is 5.24. The Morgan fingerprint density at radius 3 is 2.72 bits per heavy atom. The number of anilines is 1. The first-order valence-corrected chi connectivity index (χ1v) is 9.13. The minimum Gasteiger partial charge on any atom is -0.342 e. The fraction of sp³-hybridized carbons (Fsp3) is 0.579. The van der Waals surface area contributed by atoms with Crippen LogP contribution in [0.1, 0.15) is 31.7 Å². The SMILES string of the molecule is CC(=O)N(C)Cc1cccc(NC(=O)N2CC[C@@H](N3CCCC3)C2)c1. The predicted molar refractivity (Wildman–Crippen MR) is 98.4 cm³/mol. The van der Waals surface area contributed by atoms with Crippen LogP contribution < -0.4 is 5.32 Å². The Bertz CT molecular complexity index is 628. The van der Waals surface area contributed by atoms with E-state index in [0.29, 0.717) is 12.6 Å². The highest BCUT2D eigenvalue weighted by Gasteiger charge is 2.31. The number of likely N-dealkylation sites (tertiary alicyclic amines) is 2. The van der Waals surface area contributed by atoms with E-state index in [2.05, 4.69) is 10.2 Å². The summed E-state index contributed by atoms with van der Waals surface area (Å²) in [7, 11) is 1.77. The molecule has 0 radical (unpaired) electrons. The number of carbonyl (C=O) groups is 2. The number of nitrogens with one attached hydrogen (secondary N) is 1. The molecule has 3 rings (SSSR count). The molecule has 2 heterocycles. The second kappa shape index (κ2) is 7.87. The summed E-state index contributed by atoms with van der Waals surface area (Å²) in [5.41, 5.74) is 1.79. The monoisotopic (exact) mass is 344 g/mol. The Morgan fingerprint density at radius 2 is 2.00 bits per heavy atom. The highest BCUT2D eigenvalue weighted by atomic mass is 16.2. The van der Waals surface area contributed by atoms with E-state index >= 15 is 0 Å². The molecule has 3 amide bonds. The van der Waals surface area contributed by atoms with E-state index < -0.39 is 0 Å². The summed E-state index contributed by atoms with van der Waals surface area (Å²) < 4.78 is 0. The van der Waals surface area contributed by atoms with Gasteiger partial charge in [0, 0.05) is 45.3 Å². The molecule has 0 aliphatic carbocycles. The van der Waals surface area contributed by atoms with E-state index in [1.54, 1.807) is 18.9 Å². The molecule has 1 N–H and O–H groups in total. The van der Waals surface area contributed by atoms with Gasteiger partial charge in [-0.3, -0.25) is 9.69 Å². The molecular weight excluding hydrogens is 316 g/mol. The molecule has 6 nitrogen and oxygen atoms in total. The molecule has 6 heteroatoms. The van der Waals surface area contributed by atoms with E-state index in [-0.39, 0.29) is 11.9 Å². The van der Waals surface area contributed by atoms with Crippen molar-refractivity contribution in [3.63, 3.8) is 0 Å². The lowest BCUT2D eigenvalue weighted by Gasteiger charge is -2.23. The van der Waals surface area contributed by atoms with Crippen LogP contribution in [0.15, 0.2) is 24.3 Å². The second-order valence-electron chi connectivity index (χ2n) is 7.14. The van der Waals surface area contributed by atoms with Gasteiger partial charge in [-0.2, -0.15) is 0 Å². The van der Waals surface area contributed by atoms with E-state index in [0.717, 1.165) is 30.8 Å². The fourth-order valence-electron chi connectivity index (χ4n) is 3.67. The van der Waals surface area contributed by atoms with Gasteiger partial charge in [0.1, 0.15) is 0 Å². The molecule has 0 bridgehead atoms. The lowest BCUT2D eigenvalue weighted by molar-refractivity contribution is -0.128. The van der Waals surface area contributed by atoms with Crippen molar-refractivity contribution in [1.82, 2.24) is 14.7 Å². The van der Waals surface area contributed by atoms with Crippen molar-refractivity contribution in [2.45, 2.75) is 38.8 Å². The molecule has 25 heavy (non-hydrogen) atoms. The number of hydrogen-bond donors (Lipinski definition) is 1. The average molecular weight is 344 g/mol. The topological polar surface area (TPSA) is 55.9 Å². The minimum absolute atomic E-state index is 0.0273. The van der Waals surface area contributed by atoms with Crippen molar-refractivity contribution in [2.24, 2.45) is 0 Å². The molecule has 2 aliphatic rings. The molecule has 1 aromatic carbocycles. The number of benzene rings is 1. The van der Waals surface area contributed by atoms with Crippen LogP contribution in [-0.4, -0.2) is 65.9 Å². The molecule has 0 unspecified atom stereocenters. The van der Waals surface area contributed by atoms with Crippen LogP contribution in [0, 0.1) is 0 Å². The van der Waals surface area contributed by atoms with Gasteiger partial charge in [0.2, 0.25) is 5.91 Å². The van der Waals surface area contributed by atoms with Crippen LogP contribution in [0.2, 0.25) is 0 Å². The van der Waals surface area contributed by atoms with Crippen molar-refractivity contribution < 1.29 is 9.59 Å². The number of rotatable bonds is 4. The van der Waals surface area contributed by atoms with Gasteiger partial charge in [0.25, 0.3) is 0 Å². The maximum absolute atomic E-state index is 12.5. The fourth-order valence-corrected chi connectivity index (χ4v) is 3.67. The summed E-state index contributed by atoms with van der Waals surface area (Å²) in [6.45, 7) is 6.08. The third-order valence-corrected chi connectivity index (χ3v) is 5.24. The molecule has 2 saturated heterocycles. The Kier molecular flexibility index (Phi) is 5.58. The van der Waals surface area contributed by atoms with Gasteiger partial charge >= 0.3 is 6.03 Å². The van der Waals surface area contributed by atoms with Crippen molar-refractivity contribution in [3.8, 4) is 0 Å². The lowest BCUT2D eigenvalue weighted by Crippen LogP contribution is -2.38. The quantitative estimate of drug-likeness (QED) is 0.912. The Balaban J connectivity index is 1.55. The normalized spacial score (nSPS) is 20.7. The van der Waals surface area contributed by atoms with Crippen LogP contribution in [0.25, 0.3) is 0 Å². The maximum Gasteiger partial charge on any atom is 0.321 e. The van der Waals surface area contributed by atoms with Crippen LogP contribution in [0.3, 0.4) is 0 Å². The maximum atomic E-state index is 12.5. The number of carbonyl (C=O) groups excluding carboxylic acids is 2. The van der Waals surface area contributed by atoms with Crippen LogP contribution in [0.5, 0.6) is 0 Å².